The van der Waals surface area contributed by atoms with Gasteiger partial charge in [0.2, 0.25) is 0 Å². The molecule has 1 aromatic rings. The summed E-state index contributed by atoms with van der Waals surface area (Å²) in [5.41, 5.74) is 1.29. The topological polar surface area (TPSA) is 12.0 Å². The molecule has 1 saturated carbocycles. The third kappa shape index (κ3) is 4.66. The van der Waals surface area contributed by atoms with E-state index < -0.39 is 0 Å². The molecular formula is C17H25N. The molecule has 1 nitrogen and oxygen atoms in total. The molecule has 0 spiro atoms. The molecule has 2 unspecified atom stereocenters. The SMILES string of the molecule is CC1CCCC(NC/C=C/c2ccccc2)CC1. The monoisotopic (exact) mass is 243 g/mol. The van der Waals surface area contributed by atoms with Crippen LogP contribution in [0.4, 0.5) is 0 Å². The standard InChI is InChI=1S/C17H25N/c1-15-7-5-11-17(13-12-15)18-14-6-10-16-8-3-2-4-9-16/h2-4,6,8-10,15,17-18H,5,7,11-14H2,1H3/b10-6+. The second-order valence-corrected chi connectivity index (χ2v) is 5.53. The van der Waals surface area contributed by atoms with Crippen LogP contribution in [-0.4, -0.2) is 12.6 Å². The minimum Gasteiger partial charge on any atom is -0.311 e. The van der Waals surface area contributed by atoms with Gasteiger partial charge in [-0.25, -0.2) is 0 Å². The fourth-order valence-electron chi connectivity index (χ4n) is 2.69. The quantitative estimate of drug-likeness (QED) is 0.779. The highest BCUT2D eigenvalue weighted by Gasteiger charge is 2.14. The van der Waals surface area contributed by atoms with E-state index in [0.29, 0.717) is 0 Å². The summed E-state index contributed by atoms with van der Waals surface area (Å²) in [6.07, 6.45) is 11.3. The van der Waals surface area contributed by atoms with Crippen LogP contribution in [0.5, 0.6) is 0 Å². The summed E-state index contributed by atoms with van der Waals surface area (Å²) in [7, 11) is 0. The van der Waals surface area contributed by atoms with Gasteiger partial charge in [0, 0.05) is 12.6 Å². The molecule has 1 aliphatic rings. The van der Waals surface area contributed by atoms with Crippen LogP contribution < -0.4 is 5.32 Å². The first-order valence-electron chi connectivity index (χ1n) is 7.29. The van der Waals surface area contributed by atoms with Crippen LogP contribution in [0.3, 0.4) is 0 Å². The van der Waals surface area contributed by atoms with Crippen molar-refractivity contribution in [3.05, 3.63) is 42.0 Å². The van der Waals surface area contributed by atoms with E-state index >= 15 is 0 Å². The summed E-state index contributed by atoms with van der Waals surface area (Å²) >= 11 is 0. The molecule has 0 bridgehead atoms. The highest BCUT2D eigenvalue weighted by atomic mass is 14.9. The normalized spacial score (nSPS) is 25.2. The van der Waals surface area contributed by atoms with E-state index in [9.17, 15) is 0 Å². The molecule has 2 atom stereocenters. The first kappa shape index (κ1) is 13.4. The maximum atomic E-state index is 3.67. The van der Waals surface area contributed by atoms with E-state index in [-0.39, 0.29) is 0 Å². The molecule has 0 heterocycles. The highest BCUT2D eigenvalue weighted by molar-refractivity contribution is 5.48. The van der Waals surface area contributed by atoms with Gasteiger partial charge in [-0.05, 0) is 30.7 Å². The van der Waals surface area contributed by atoms with E-state index in [1.165, 1.54) is 37.7 Å². The molecule has 98 valence electrons. The predicted octanol–water partition coefficient (Wildman–Crippen LogP) is 4.26. The van der Waals surface area contributed by atoms with Crippen molar-refractivity contribution >= 4 is 6.08 Å². The zero-order valence-electron chi connectivity index (χ0n) is 11.4. The van der Waals surface area contributed by atoms with Crippen molar-refractivity contribution in [1.82, 2.24) is 5.32 Å². The second kappa shape index (κ2) is 7.38. The number of benzene rings is 1. The lowest BCUT2D eigenvalue weighted by molar-refractivity contribution is 0.464. The molecule has 0 amide bonds. The van der Waals surface area contributed by atoms with Gasteiger partial charge in [-0.2, -0.15) is 0 Å². The Balaban J connectivity index is 1.70. The Morgan fingerprint density at radius 3 is 2.78 bits per heavy atom. The molecule has 18 heavy (non-hydrogen) atoms. The first-order chi connectivity index (χ1) is 8.84. The summed E-state index contributed by atoms with van der Waals surface area (Å²) in [6, 6.07) is 11.2. The Labute approximate surface area is 111 Å². The van der Waals surface area contributed by atoms with Gasteiger partial charge < -0.3 is 5.32 Å². The molecule has 0 aromatic heterocycles. The van der Waals surface area contributed by atoms with Crippen LogP contribution in [0.2, 0.25) is 0 Å². The van der Waals surface area contributed by atoms with Gasteiger partial charge in [0.05, 0.1) is 0 Å². The van der Waals surface area contributed by atoms with Gasteiger partial charge in [0.15, 0.2) is 0 Å². The van der Waals surface area contributed by atoms with Crippen molar-refractivity contribution in [2.45, 2.75) is 45.1 Å². The Hall–Kier alpha value is -1.08. The molecule has 1 heteroatoms. The maximum Gasteiger partial charge on any atom is 0.0140 e. The Morgan fingerprint density at radius 1 is 1.11 bits per heavy atom. The van der Waals surface area contributed by atoms with Gasteiger partial charge in [-0.1, -0.05) is 62.2 Å². The molecule has 1 aliphatic carbocycles. The van der Waals surface area contributed by atoms with Gasteiger partial charge in [-0.15, -0.1) is 0 Å². The van der Waals surface area contributed by atoms with Crippen molar-refractivity contribution in [3.63, 3.8) is 0 Å². The van der Waals surface area contributed by atoms with Crippen LogP contribution in [0.1, 0.15) is 44.6 Å². The van der Waals surface area contributed by atoms with E-state index in [2.05, 4.69) is 54.7 Å². The van der Waals surface area contributed by atoms with Crippen molar-refractivity contribution in [3.8, 4) is 0 Å². The van der Waals surface area contributed by atoms with Crippen LogP contribution in [0.25, 0.3) is 6.08 Å². The van der Waals surface area contributed by atoms with E-state index in [4.69, 9.17) is 0 Å². The summed E-state index contributed by atoms with van der Waals surface area (Å²) in [5.74, 6) is 0.927. The zero-order valence-corrected chi connectivity index (χ0v) is 11.4. The minimum atomic E-state index is 0.732. The van der Waals surface area contributed by atoms with Crippen molar-refractivity contribution in [2.75, 3.05) is 6.54 Å². The van der Waals surface area contributed by atoms with Crippen molar-refractivity contribution < 1.29 is 0 Å². The lowest BCUT2D eigenvalue weighted by atomic mass is 10.0. The van der Waals surface area contributed by atoms with Crippen LogP contribution >= 0.6 is 0 Å². The van der Waals surface area contributed by atoms with Crippen LogP contribution in [0.15, 0.2) is 36.4 Å². The highest BCUT2D eigenvalue weighted by Crippen LogP contribution is 2.22. The molecule has 1 aromatic carbocycles. The number of hydrogen-bond acceptors (Lipinski definition) is 1. The Bertz CT molecular complexity index is 355. The smallest absolute Gasteiger partial charge is 0.0140 e. The molecule has 0 radical (unpaired) electrons. The van der Waals surface area contributed by atoms with Crippen molar-refractivity contribution in [2.24, 2.45) is 5.92 Å². The number of hydrogen-bond donors (Lipinski definition) is 1. The fraction of sp³-hybridized carbons (Fsp3) is 0.529. The number of rotatable bonds is 4. The van der Waals surface area contributed by atoms with Crippen molar-refractivity contribution in [1.29, 1.82) is 0 Å². The lowest BCUT2D eigenvalue weighted by Crippen LogP contribution is -2.28. The van der Waals surface area contributed by atoms with E-state index in [1.807, 2.05) is 0 Å². The average molecular weight is 243 g/mol. The largest absolute Gasteiger partial charge is 0.311 e. The second-order valence-electron chi connectivity index (χ2n) is 5.53. The molecule has 0 saturated heterocycles. The van der Waals surface area contributed by atoms with Gasteiger partial charge in [0.1, 0.15) is 0 Å². The third-order valence-corrected chi connectivity index (χ3v) is 3.89. The average Bonchev–Trinajstić information content (AvgIpc) is 2.61. The number of nitrogens with one attached hydrogen (secondary N) is 1. The maximum absolute atomic E-state index is 3.67. The summed E-state index contributed by atoms with van der Waals surface area (Å²) in [5, 5.41) is 3.67. The summed E-state index contributed by atoms with van der Waals surface area (Å²) < 4.78 is 0. The predicted molar refractivity (Wildman–Crippen MR) is 79.5 cm³/mol. The Morgan fingerprint density at radius 2 is 1.94 bits per heavy atom. The van der Waals surface area contributed by atoms with E-state index in [1.54, 1.807) is 0 Å². The van der Waals surface area contributed by atoms with E-state index in [0.717, 1.165) is 18.5 Å². The third-order valence-electron chi connectivity index (χ3n) is 3.89. The minimum absolute atomic E-state index is 0.732. The molecule has 2 rings (SSSR count). The van der Waals surface area contributed by atoms with Gasteiger partial charge in [0.25, 0.3) is 0 Å². The van der Waals surface area contributed by atoms with Crippen LogP contribution in [-0.2, 0) is 0 Å². The Kier molecular flexibility index (Phi) is 5.47. The summed E-state index contributed by atoms with van der Waals surface area (Å²) in [6.45, 7) is 3.38. The zero-order chi connectivity index (χ0) is 12.6. The fourth-order valence-corrected chi connectivity index (χ4v) is 2.69. The molecular weight excluding hydrogens is 218 g/mol. The first-order valence-corrected chi connectivity index (χ1v) is 7.29. The van der Waals surface area contributed by atoms with Gasteiger partial charge in [-0.3, -0.25) is 0 Å². The molecule has 0 aliphatic heterocycles. The van der Waals surface area contributed by atoms with Crippen LogP contribution in [0, 0.1) is 5.92 Å². The molecule has 1 N–H and O–H groups in total. The lowest BCUT2D eigenvalue weighted by Gasteiger charge is -2.14. The molecule has 1 fully saturated rings. The van der Waals surface area contributed by atoms with Gasteiger partial charge >= 0.3 is 0 Å². The summed E-state index contributed by atoms with van der Waals surface area (Å²) in [4.78, 5) is 0.